The Labute approximate surface area is 151 Å². The van der Waals surface area contributed by atoms with Crippen LogP contribution in [0.3, 0.4) is 0 Å². The number of nitrogens with zero attached hydrogens (tertiary/aromatic N) is 1. The van der Waals surface area contributed by atoms with Gasteiger partial charge in [0.1, 0.15) is 0 Å². The molecule has 1 fully saturated rings. The monoisotopic (exact) mass is 364 g/mol. The van der Waals surface area contributed by atoms with Crippen LogP contribution in [0.2, 0.25) is 0 Å². The van der Waals surface area contributed by atoms with E-state index in [4.69, 9.17) is 4.55 Å². The van der Waals surface area contributed by atoms with Gasteiger partial charge in [0.2, 0.25) is 0 Å². The summed E-state index contributed by atoms with van der Waals surface area (Å²) in [5.41, 5.74) is 0. The molecule has 0 amide bonds. The van der Waals surface area contributed by atoms with E-state index >= 15 is 0 Å². The van der Waals surface area contributed by atoms with E-state index in [2.05, 4.69) is 13.8 Å². The van der Waals surface area contributed by atoms with Gasteiger partial charge in [-0.05, 0) is 19.8 Å². The number of likely N-dealkylation sites (tertiary alicyclic amines) is 1. The molecule has 1 N–H and O–H groups in total. The minimum absolute atomic E-state index is 0.715. The molecule has 146 valence electrons. The minimum atomic E-state index is -3.67. The summed E-state index contributed by atoms with van der Waals surface area (Å²) < 4.78 is 27.3. The van der Waals surface area contributed by atoms with Crippen molar-refractivity contribution in [3.63, 3.8) is 0 Å². The molecule has 0 aromatic carbocycles. The molecule has 1 rings (SSSR count). The van der Waals surface area contributed by atoms with Gasteiger partial charge in [-0.1, -0.05) is 58.3 Å². The lowest BCUT2D eigenvalue weighted by atomic mass is 10.1. The van der Waals surface area contributed by atoms with Crippen molar-refractivity contribution in [2.45, 2.75) is 90.9 Å². The second-order valence-corrected chi connectivity index (χ2v) is 8.92. The van der Waals surface area contributed by atoms with Crippen LogP contribution in [0.5, 0.6) is 0 Å². The van der Waals surface area contributed by atoms with Crippen LogP contribution < -0.4 is 0 Å². The summed E-state index contributed by atoms with van der Waals surface area (Å²) in [6.07, 6.45) is 18.3. The summed E-state index contributed by atoms with van der Waals surface area (Å²) in [5, 5.41) is 0. The molecule has 24 heavy (non-hydrogen) atoms. The quantitative estimate of drug-likeness (QED) is 0.300. The fourth-order valence-electron chi connectivity index (χ4n) is 3.64. The molecule has 0 atom stereocenters. The van der Waals surface area contributed by atoms with Crippen molar-refractivity contribution < 1.29 is 17.5 Å². The highest BCUT2D eigenvalue weighted by molar-refractivity contribution is 7.85. The van der Waals surface area contributed by atoms with E-state index in [0.717, 1.165) is 0 Å². The van der Waals surface area contributed by atoms with Gasteiger partial charge in [0.05, 0.1) is 32.4 Å². The number of hydrogen-bond donors (Lipinski definition) is 1. The molecule has 0 radical (unpaired) electrons. The Balaban J connectivity index is 0.000000922. The van der Waals surface area contributed by atoms with Crippen molar-refractivity contribution in [1.82, 2.24) is 0 Å². The average molecular weight is 365 g/mol. The summed E-state index contributed by atoms with van der Waals surface area (Å²) in [5.74, 6) is 0. The van der Waals surface area contributed by atoms with Crippen LogP contribution in [0.15, 0.2) is 0 Å². The maximum atomic E-state index is 9.19. The normalized spacial score (nSPS) is 16.7. The predicted molar refractivity (Wildman–Crippen MR) is 104 cm³/mol. The highest BCUT2D eigenvalue weighted by Crippen LogP contribution is 2.20. The smallest absolute Gasteiger partial charge is 0.261 e. The lowest BCUT2D eigenvalue weighted by Crippen LogP contribution is -2.45. The second kappa shape index (κ2) is 14.1. The molecule has 0 aromatic rings. The van der Waals surface area contributed by atoms with E-state index in [0.29, 0.717) is 6.26 Å². The van der Waals surface area contributed by atoms with Crippen LogP contribution in [0.1, 0.15) is 90.9 Å². The van der Waals surface area contributed by atoms with Crippen LogP contribution in [-0.2, 0) is 10.1 Å². The summed E-state index contributed by atoms with van der Waals surface area (Å²) >= 11 is 0. The molecule has 4 nitrogen and oxygen atoms in total. The third kappa shape index (κ3) is 15.4. The fraction of sp³-hybridized carbons (Fsp3) is 1.00. The SMILES string of the molecule is CCCCCCCCCCCC[N+]1(CC)CCCC1.CS(=O)(=O)O. The molecule has 0 spiro atoms. The molecule has 0 aromatic heterocycles. The van der Waals surface area contributed by atoms with Crippen LogP contribution in [0.4, 0.5) is 0 Å². The Hall–Kier alpha value is -0.130. The highest BCUT2D eigenvalue weighted by Gasteiger charge is 2.28. The van der Waals surface area contributed by atoms with Gasteiger partial charge in [0.15, 0.2) is 0 Å². The van der Waals surface area contributed by atoms with Gasteiger partial charge in [0.25, 0.3) is 10.1 Å². The van der Waals surface area contributed by atoms with Crippen molar-refractivity contribution in [2.24, 2.45) is 0 Å². The predicted octanol–water partition coefficient (Wildman–Crippen LogP) is 5.04. The maximum Gasteiger partial charge on any atom is 0.261 e. The van der Waals surface area contributed by atoms with E-state index in [1.807, 2.05) is 0 Å². The zero-order valence-corrected chi connectivity index (χ0v) is 17.2. The molecule has 1 heterocycles. The van der Waals surface area contributed by atoms with Crippen molar-refractivity contribution in [3.05, 3.63) is 0 Å². The Morgan fingerprint density at radius 2 is 1.17 bits per heavy atom. The van der Waals surface area contributed by atoms with Gasteiger partial charge in [-0.2, -0.15) is 8.42 Å². The van der Waals surface area contributed by atoms with Gasteiger partial charge in [0, 0.05) is 12.8 Å². The van der Waals surface area contributed by atoms with Crippen molar-refractivity contribution in [3.8, 4) is 0 Å². The van der Waals surface area contributed by atoms with Crippen LogP contribution in [-0.4, -0.2) is 49.9 Å². The van der Waals surface area contributed by atoms with E-state index in [1.54, 1.807) is 0 Å². The molecule has 0 unspecified atom stereocenters. The first-order chi connectivity index (χ1) is 11.3. The number of hydrogen-bond acceptors (Lipinski definition) is 2. The molecular weight excluding hydrogens is 322 g/mol. The Morgan fingerprint density at radius 3 is 1.54 bits per heavy atom. The standard InChI is InChI=1S/C18H38N.CH4O3S/c1-3-5-6-7-8-9-10-11-12-13-16-19(4-2)17-14-15-18-19;1-5(2,3)4/h3-18H2,1-2H3;1H3,(H,2,3,4)/q+1;. The van der Waals surface area contributed by atoms with Crippen molar-refractivity contribution in [2.75, 3.05) is 32.4 Å². The van der Waals surface area contributed by atoms with Crippen LogP contribution >= 0.6 is 0 Å². The summed E-state index contributed by atoms with van der Waals surface area (Å²) in [6.45, 7) is 10.5. The van der Waals surface area contributed by atoms with Gasteiger partial charge in [-0.25, -0.2) is 0 Å². The topological polar surface area (TPSA) is 54.4 Å². The van der Waals surface area contributed by atoms with Gasteiger partial charge in [-0.15, -0.1) is 0 Å². The Morgan fingerprint density at radius 1 is 0.792 bits per heavy atom. The number of unbranched alkanes of at least 4 members (excludes halogenated alkanes) is 9. The molecule has 1 saturated heterocycles. The van der Waals surface area contributed by atoms with Gasteiger partial charge < -0.3 is 4.48 Å². The average Bonchev–Trinajstić information content (AvgIpc) is 2.97. The molecule has 0 bridgehead atoms. The van der Waals surface area contributed by atoms with E-state index in [1.165, 1.54) is 108 Å². The third-order valence-corrected chi connectivity index (χ3v) is 5.17. The Bertz CT molecular complexity index is 368. The van der Waals surface area contributed by atoms with Crippen LogP contribution in [0.25, 0.3) is 0 Å². The van der Waals surface area contributed by atoms with Crippen molar-refractivity contribution >= 4 is 10.1 Å². The summed E-state index contributed by atoms with van der Waals surface area (Å²) in [4.78, 5) is 0. The minimum Gasteiger partial charge on any atom is -0.324 e. The zero-order valence-electron chi connectivity index (χ0n) is 16.4. The van der Waals surface area contributed by atoms with Crippen molar-refractivity contribution in [1.29, 1.82) is 0 Å². The maximum absolute atomic E-state index is 9.19. The highest BCUT2D eigenvalue weighted by atomic mass is 32.2. The summed E-state index contributed by atoms with van der Waals surface area (Å²) in [6, 6.07) is 0. The Kier molecular flexibility index (Phi) is 14.0. The van der Waals surface area contributed by atoms with E-state index in [9.17, 15) is 8.42 Å². The first-order valence-electron chi connectivity index (χ1n) is 10.1. The lowest BCUT2D eigenvalue weighted by molar-refractivity contribution is -0.915. The zero-order chi connectivity index (χ0) is 18.3. The fourth-order valence-corrected chi connectivity index (χ4v) is 3.64. The third-order valence-electron chi connectivity index (χ3n) is 5.17. The van der Waals surface area contributed by atoms with E-state index in [-0.39, 0.29) is 0 Å². The molecule has 5 heteroatoms. The molecule has 0 saturated carbocycles. The number of quaternary nitrogens is 1. The first kappa shape index (κ1) is 23.9. The van der Waals surface area contributed by atoms with E-state index < -0.39 is 10.1 Å². The molecule has 0 aliphatic carbocycles. The number of rotatable bonds is 12. The molecular formula is C19H42NO3S+. The first-order valence-corrected chi connectivity index (χ1v) is 12.0. The molecule has 1 aliphatic rings. The van der Waals surface area contributed by atoms with Gasteiger partial charge >= 0.3 is 0 Å². The largest absolute Gasteiger partial charge is 0.324 e. The van der Waals surface area contributed by atoms with Crippen LogP contribution in [0, 0.1) is 0 Å². The van der Waals surface area contributed by atoms with Gasteiger partial charge in [-0.3, -0.25) is 4.55 Å². The second-order valence-electron chi connectivity index (χ2n) is 7.45. The lowest BCUT2D eigenvalue weighted by Gasteiger charge is -2.33. The molecule has 1 aliphatic heterocycles. The summed E-state index contributed by atoms with van der Waals surface area (Å²) in [7, 11) is -3.67.